The molecular formula is C14H20F3N3O. The van der Waals surface area contributed by atoms with E-state index in [4.69, 9.17) is 0 Å². The summed E-state index contributed by atoms with van der Waals surface area (Å²) in [6.45, 7) is 2.26. The van der Waals surface area contributed by atoms with Crippen molar-refractivity contribution >= 4 is 11.6 Å². The number of amides is 1. The van der Waals surface area contributed by atoms with Crippen LogP contribution in [-0.4, -0.2) is 44.5 Å². The zero-order valence-electron chi connectivity index (χ0n) is 12.5. The van der Waals surface area contributed by atoms with Crippen molar-refractivity contribution in [2.24, 2.45) is 0 Å². The van der Waals surface area contributed by atoms with Crippen molar-refractivity contribution in [3.63, 3.8) is 0 Å². The smallest absolute Gasteiger partial charge is 0.387 e. The maximum absolute atomic E-state index is 12.9. The van der Waals surface area contributed by atoms with Gasteiger partial charge in [0.05, 0.1) is 16.8 Å². The molecule has 0 saturated heterocycles. The summed E-state index contributed by atoms with van der Waals surface area (Å²) in [5, 5.41) is 5.12. The highest BCUT2D eigenvalue weighted by Crippen LogP contribution is 2.36. The number of halogens is 3. The topological polar surface area (TPSA) is 44.4 Å². The first-order valence-corrected chi connectivity index (χ1v) is 6.51. The molecule has 118 valence electrons. The van der Waals surface area contributed by atoms with E-state index in [-0.39, 0.29) is 17.3 Å². The van der Waals surface area contributed by atoms with Crippen molar-refractivity contribution in [2.75, 3.05) is 33.0 Å². The molecule has 0 aliphatic rings. The number of anilines is 1. The van der Waals surface area contributed by atoms with Crippen LogP contribution in [-0.2, 0) is 6.18 Å². The number of hydrogen-bond donors (Lipinski definition) is 2. The lowest BCUT2D eigenvalue weighted by Crippen LogP contribution is -2.38. The Balaban J connectivity index is 3.00. The predicted octanol–water partition coefficient (Wildman–Crippen LogP) is 2.43. The quantitative estimate of drug-likeness (QED) is 0.878. The summed E-state index contributed by atoms with van der Waals surface area (Å²) in [5.74, 6) is -0.529. The molecule has 1 unspecified atom stereocenters. The first kappa shape index (κ1) is 17.3. The lowest BCUT2D eigenvalue weighted by atomic mass is 10.1. The highest BCUT2D eigenvalue weighted by atomic mass is 19.4. The standard InChI is InChI=1S/C14H20F3N3O/c1-9(20(3)4)8-19-13(21)10-6-5-7-11(12(10)18-2)14(15,16)17/h5-7,9,18H,8H2,1-4H3,(H,19,21). The van der Waals surface area contributed by atoms with Crippen LogP contribution >= 0.6 is 0 Å². The molecule has 1 amide bonds. The molecule has 1 aromatic rings. The van der Waals surface area contributed by atoms with Crippen LogP contribution < -0.4 is 10.6 Å². The molecule has 0 saturated carbocycles. The molecule has 0 heterocycles. The number of benzene rings is 1. The maximum Gasteiger partial charge on any atom is 0.418 e. The van der Waals surface area contributed by atoms with Gasteiger partial charge in [0, 0.05) is 19.6 Å². The van der Waals surface area contributed by atoms with Gasteiger partial charge in [0.15, 0.2) is 0 Å². The molecule has 2 N–H and O–H groups in total. The van der Waals surface area contributed by atoms with E-state index in [1.807, 2.05) is 25.9 Å². The van der Waals surface area contributed by atoms with Gasteiger partial charge in [0.2, 0.25) is 0 Å². The van der Waals surface area contributed by atoms with E-state index in [1.54, 1.807) is 0 Å². The zero-order valence-corrected chi connectivity index (χ0v) is 12.5. The minimum Gasteiger partial charge on any atom is -0.387 e. The first-order valence-electron chi connectivity index (χ1n) is 6.51. The van der Waals surface area contributed by atoms with E-state index in [9.17, 15) is 18.0 Å². The minimum atomic E-state index is -4.51. The predicted molar refractivity (Wildman–Crippen MR) is 76.5 cm³/mol. The fourth-order valence-corrected chi connectivity index (χ4v) is 1.77. The van der Waals surface area contributed by atoms with Crippen LogP contribution in [0, 0.1) is 0 Å². The van der Waals surface area contributed by atoms with Gasteiger partial charge >= 0.3 is 6.18 Å². The number of para-hydroxylation sites is 1. The number of carbonyl (C=O) groups is 1. The van der Waals surface area contributed by atoms with Gasteiger partial charge in [-0.2, -0.15) is 13.2 Å². The van der Waals surface area contributed by atoms with Crippen LogP contribution in [0.1, 0.15) is 22.8 Å². The zero-order chi connectivity index (χ0) is 16.2. The third kappa shape index (κ3) is 4.35. The lowest BCUT2D eigenvalue weighted by molar-refractivity contribution is -0.136. The Kier molecular flexibility index (Phi) is 5.60. The van der Waals surface area contributed by atoms with Crippen molar-refractivity contribution in [1.82, 2.24) is 10.2 Å². The van der Waals surface area contributed by atoms with Crippen molar-refractivity contribution in [3.05, 3.63) is 29.3 Å². The molecule has 0 aromatic heterocycles. The van der Waals surface area contributed by atoms with Gasteiger partial charge in [0.25, 0.3) is 5.91 Å². The number of likely N-dealkylation sites (N-methyl/N-ethyl adjacent to an activating group) is 1. The van der Waals surface area contributed by atoms with Gasteiger partial charge in [0.1, 0.15) is 0 Å². The minimum absolute atomic E-state index is 0.0155. The van der Waals surface area contributed by atoms with Crippen molar-refractivity contribution in [1.29, 1.82) is 0 Å². The van der Waals surface area contributed by atoms with Gasteiger partial charge < -0.3 is 15.5 Å². The highest BCUT2D eigenvalue weighted by molar-refractivity contribution is 6.00. The van der Waals surface area contributed by atoms with Gasteiger partial charge in [-0.05, 0) is 33.2 Å². The Labute approximate surface area is 122 Å². The number of alkyl halides is 3. The van der Waals surface area contributed by atoms with Gasteiger partial charge in [-0.25, -0.2) is 0 Å². The second-order valence-electron chi connectivity index (χ2n) is 5.00. The Morgan fingerprint density at radius 1 is 1.33 bits per heavy atom. The van der Waals surface area contributed by atoms with E-state index in [2.05, 4.69) is 10.6 Å². The monoisotopic (exact) mass is 303 g/mol. The number of rotatable bonds is 5. The van der Waals surface area contributed by atoms with Crippen molar-refractivity contribution < 1.29 is 18.0 Å². The number of nitrogens with one attached hydrogen (secondary N) is 2. The fraction of sp³-hybridized carbons (Fsp3) is 0.500. The molecule has 0 spiro atoms. The maximum atomic E-state index is 12.9. The second-order valence-corrected chi connectivity index (χ2v) is 5.00. The molecule has 7 heteroatoms. The van der Waals surface area contributed by atoms with Crippen LogP contribution in [0.5, 0.6) is 0 Å². The summed E-state index contributed by atoms with van der Waals surface area (Å²) in [7, 11) is 5.09. The number of nitrogens with zero attached hydrogens (tertiary/aromatic N) is 1. The molecule has 1 atom stereocenters. The van der Waals surface area contributed by atoms with Gasteiger partial charge in [-0.3, -0.25) is 4.79 Å². The van der Waals surface area contributed by atoms with Crippen molar-refractivity contribution in [3.8, 4) is 0 Å². The molecule has 0 bridgehead atoms. The van der Waals surface area contributed by atoms with E-state index < -0.39 is 17.6 Å². The van der Waals surface area contributed by atoms with Crippen LogP contribution in [0.25, 0.3) is 0 Å². The molecule has 1 rings (SSSR count). The summed E-state index contributed by atoms with van der Waals surface area (Å²) in [6, 6.07) is 3.63. The lowest BCUT2D eigenvalue weighted by Gasteiger charge is -2.21. The van der Waals surface area contributed by atoms with Crippen LogP contribution in [0.2, 0.25) is 0 Å². The summed E-state index contributed by atoms with van der Waals surface area (Å²) in [4.78, 5) is 14.0. The van der Waals surface area contributed by atoms with Crippen molar-refractivity contribution in [2.45, 2.75) is 19.1 Å². The Morgan fingerprint density at radius 2 is 1.95 bits per heavy atom. The fourth-order valence-electron chi connectivity index (χ4n) is 1.77. The SMILES string of the molecule is CNc1c(C(=O)NCC(C)N(C)C)cccc1C(F)(F)F. The van der Waals surface area contributed by atoms with Crippen LogP contribution in [0.4, 0.5) is 18.9 Å². The number of hydrogen-bond acceptors (Lipinski definition) is 3. The third-order valence-electron chi connectivity index (χ3n) is 3.30. The first-order chi connectivity index (χ1) is 9.68. The normalized spacial score (nSPS) is 13.1. The Morgan fingerprint density at radius 3 is 2.43 bits per heavy atom. The largest absolute Gasteiger partial charge is 0.418 e. The number of carbonyl (C=O) groups excluding carboxylic acids is 1. The molecule has 1 aromatic carbocycles. The summed E-state index contributed by atoms with van der Waals surface area (Å²) < 4.78 is 38.8. The molecule has 4 nitrogen and oxygen atoms in total. The van der Waals surface area contributed by atoms with E-state index in [1.165, 1.54) is 19.2 Å². The summed E-state index contributed by atoms with van der Waals surface area (Å²) >= 11 is 0. The summed E-state index contributed by atoms with van der Waals surface area (Å²) in [6.07, 6.45) is -4.51. The van der Waals surface area contributed by atoms with E-state index in [0.717, 1.165) is 6.07 Å². The van der Waals surface area contributed by atoms with Gasteiger partial charge in [-0.15, -0.1) is 0 Å². The Hall–Kier alpha value is -1.76. The van der Waals surface area contributed by atoms with Crippen LogP contribution in [0.3, 0.4) is 0 Å². The van der Waals surface area contributed by atoms with Crippen LogP contribution in [0.15, 0.2) is 18.2 Å². The molecular weight excluding hydrogens is 283 g/mol. The highest BCUT2D eigenvalue weighted by Gasteiger charge is 2.34. The second kappa shape index (κ2) is 6.80. The average molecular weight is 303 g/mol. The molecule has 0 aliphatic carbocycles. The Bertz CT molecular complexity index is 501. The molecule has 0 fully saturated rings. The third-order valence-corrected chi connectivity index (χ3v) is 3.30. The molecule has 0 radical (unpaired) electrons. The van der Waals surface area contributed by atoms with E-state index >= 15 is 0 Å². The van der Waals surface area contributed by atoms with E-state index in [0.29, 0.717) is 6.54 Å². The molecule has 0 aliphatic heterocycles. The average Bonchev–Trinajstić information content (AvgIpc) is 2.42. The van der Waals surface area contributed by atoms with Gasteiger partial charge in [-0.1, -0.05) is 6.07 Å². The summed E-state index contributed by atoms with van der Waals surface area (Å²) in [5.41, 5.74) is -1.07. The molecule has 21 heavy (non-hydrogen) atoms.